The molecule has 0 spiro atoms. The molecule has 1 aromatic carbocycles. The number of nitrogens with zero attached hydrogens (tertiary/aromatic N) is 2. The van der Waals surface area contributed by atoms with Crippen molar-refractivity contribution in [2.75, 3.05) is 5.88 Å². The topological polar surface area (TPSA) is 89.6 Å². The van der Waals surface area contributed by atoms with Crippen LogP contribution in [0.1, 0.15) is 0 Å². The first-order chi connectivity index (χ1) is 7.45. The van der Waals surface area contributed by atoms with Gasteiger partial charge < -0.3 is 0 Å². The van der Waals surface area contributed by atoms with Crippen molar-refractivity contribution in [2.24, 2.45) is 4.99 Å². The van der Waals surface area contributed by atoms with E-state index in [0.29, 0.717) is 5.69 Å². The van der Waals surface area contributed by atoms with Crippen molar-refractivity contribution in [3.63, 3.8) is 0 Å². The van der Waals surface area contributed by atoms with Crippen molar-refractivity contribution in [3.8, 4) is 0 Å². The van der Waals surface area contributed by atoms with Crippen LogP contribution >= 0.6 is 12.2 Å². The maximum absolute atomic E-state index is 11.4. The number of rotatable bonds is 4. The van der Waals surface area contributed by atoms with E-state index in [-0.39, 0.29) is 4.90 Å². The average Bonchev–Trinajstić information content (AvgIpc) is 2.17. The number of isothiocyanates is 1. The minimum Gasteiger partial charge on any atom is -0.263 e. The Morgan fingerprint density at radius 2 is 1.94 bits per heavy atom. The lowest BCUT2D eigenvalue weighted by atomic mass is 10.3. The molecule has 1 aromatic rings. The SMILES string of the molecule is O=[N+]([O-])CS(=O)(=O)c1ccc(N=C=S)cc1. The third-order valence-corrected chi connectivity index (χ3v) is 3.28. The molecule has 0 unspecified atom stereocenters. The summed E-state index contributed by atoms with van der Waals surface area (Å²) in [6, 6.07) is 5.27. The molecule has 0 N–H and O–H groups in total. The molecule has 0 aliphatic heterocycles. The lowest BCUT2D eigenvalue weighted by Crippen LogP contribution is -2.14. The second-order valence-electron chi connectivity index (χ2n) is 2.77. The molecule has 0 saturated carbocycles. The molecular weight excluding hydrogens is 252 g/mol. The summed E-state index contributed by atoms with van der Waals surface area (Å²) in [5.74, 6) is -1.12. The second-order valence-corrected chi connectivity index (χ2v) is 4.92. The molecule has 0 aromatic heterocycles. The van der Waals surface area contributed by atoms with Crippen molar-refractivity contribution in [3.05, 3.63) is 34.4 Å². The Labute approximate surface area is 96.7 Å². The Morgan fingerprint density at radius 3 is 2.38 bits per heavy atom. The fourth-order valence-electron chi connectivity index (χ4n) is 0.994. The molecule has 0 aliphatic carbocycles. The maximum Gasteiger partial charge on any atom is 0.305 e. The summed E-state index contributed by atoms with van der Waals surface area (Å²) in [4.78, 5) is 12.8. The predicted octanol–water partition coefficient (Wildman–Crippen LogP) is 1.43. The molecule has 1 rings (SSSR count). The number of aliphatic imine (C=N–C) groups is 1. The molecule has 0 bridgehead atoms. The molecule has 0 aliphatic rings. The molecule has 0 saturated heterocycles. The quantitative estimate of drug-likeness (QED) is 0.352. The molecule has 0 atom stereocenters. The van der Waals surface area contributed by atoms with E-state index in [0.717, 1.165) is 0 Å². The molecule has 0 amide bonds. The Kier molecular flexibility index (Phi) is 3.83. The van der Waals surface area contributed by atoms with Crippen molar-refractivity contribution in [1.29, 1.82) is 0 Å². The number of benzene rings is 1. The summed E-state index contributed by atoms with van der Waals surface area (Å²) in [7, 11) is -3.88. The van der Waals surface area contributed by atoms with Crippen LogP contribution < -0.4 is 0 Å². The first-order valence-corrected chi connectivity index (χ1v) is 6.04. The third kappa shape index (κ3) is 3.20. The standard InChI is InChI=1S/C8H6N2O4S2/c11-10(12)6-16(13,14)8-3-1-7(2-4-8)9-5-15/h1-4H,6H2. The van der Waals surface area contributed by atoms with Crippen LogP contribution in [0, 0.1) is 10.1 Å². The van der Waals surface area contributed by atoms with Crippen LogP contribution in [0.3, 0.4) is 0 Å². The Hall–Kier alpha value is -1.63. The summed E-state index contributed by atoms with van der Waals surface area (Å²) in [6.45, 7) is 0. The fraction of sp³-hybridized carbons (Fsp3) is 0.125. The highest BCUT2D eigenvalue weighted by atomic mass is 32.2. The fourth-order valence-corrected chi connectivity index (χ4v) is 2.08. The van der Waals surface area contributed by atoms with E-state index >= 15 is 0 Å². The normalized spacial score (nSPS) is 10.5. The maximum atomic E-state index is 11.4. The van der Waals surface area contributed by atoms with E-state index in [2.05, 4.69) is 22.4 Å². The van der Waals surface area contributed by atoms with Gasteiger partial charge in [-0.05, 0) is 36.5 Å². The molecule has 84 valence electrons. The minimum atomic E-state index is -3.88. The van der Waals surface area contributed by atoms with Gasteiger partial charge in [0.1, 0.15) is 0 Å². The zero-order valence-corrected chi connectivity index (χ0v) is 9.49. The van der Waals surface area contributed by atoms with E-state index < -0.39 is 20.6 Å². The van der Waals surface area contributed by atoms with Gasteiger partial charge in [0.2, 0.25) is 9.84 Å². The molecule has 8 heteroatoms. The second kappa shape index (κ2) is 4.93. The van der Waals surface area contributed by atoms with Gasteiger partial charge in [-0.15, -0.1) is 0 Å². The molecule has 0 radical (unpaired) electrons. The van der Waals surface area contributed by atoms with Crippen LogP contribution in [0.4, 0.5) is 5.69 Å². The van der Waals surface area contributed by atoms with Gasteiger partial charge in [0, 0.05) is 4.92 Å². The minimum absolute atomic E-state index is 0.118. The first kappa shape index (κ1) is 12.4. The smallest absolute Gasteiger partial charge is 0.263 e. The highest BCUT2D eigenvalue weighted by Gasteiger charge is 2.20. The lowest BCUT2D eigenvalue weighted by molar-refractivity contribution is -0.458. The van der Waals surface area contributed by atoms with Crippen LogP contribution in [0.2, 0.25) is 0 Å². The summed E-state index contributed by atoms with van der Waals surface area (Å²) in [6.07, 6.45) is 0. The van der Waals surface area contributed by atoms with E-state index in [9.17, 15) is 18.5 Å². The molecular formula is C8H6N2O4S2. The summed E-state index contributed by atoms with van der Waals surface area (Å²) in [5, 5.41) is 12.3. The number of thiocarbonyl (C=S) groups is 1. The molecule has 16 heavy (non-hydrogen) atoms. The van der Waals surface area contributed by atoms with Crippen LogP contribution in [0.5, 0.6) is 0 Å². The third-order valence-electron chi connectivity index (χ3n) is 1.65. The van der Waals surface area contributed by atoms with Gasteiger partial charge in [0.05, 0.1) is 15.7 Å². The largest absolute Gasteiger partial charge is 0.305 e. The van der Waals surface area contributed by atoms with Crippen LogP contribution in [-0.4, -0.2) is 24.4 Å². The monoisotopic (exact) mass is 258 g/mol. The zero-order valence-electron chi connectivity index (χ0n) is 7.86. The summed E-state index contributed by atoms with van der Waals surface area (Å²) >= 11 is 4.37. The van der Waals surface area contributed by atoms with Gasteiger partial charge in [-0.3, -0.25) is 10.1 Å². The van der Waals surface area contributed by atoms with E-state index in [4.69, 9.17) is 0 Å². The van der Waals surface area contributed by atoms with Crippen LogP contribution in [0.15, 0.2) is 34.2 Å². The van der Waals surface area contributed by atoms with Gasteiger partial charge in [-0.25, -0.2) is 8.42 Å². The zero-order chi connectivity index (χ0) is 12.2. The van der Waals surface area contributed by atoms with Gasteiger partial charge in [-0.1, -0.05) is 0 Å². The van der Waals surface area contributed by atoms with Gasteiger partial charge in [-0.2, -0.15) is 4.99 Å². The summed E-state index contributed by atoms with van der Waals surface area (Å²) < 4.78 is 22.8. The lowest BCUT2D eigenvalue weighted by Gasteiger charge is -1.99. The van der Waals surface area contributed by atoms with E-state index in [1.807, 2.05) is 0 Å². The number of sulfone groups is 1. The summed E-state index contributed by atoms with van der Waals surface area (Å²) in [5.41, 5.74) is 0.440. The van der Waals surface area contributed by atoms with E-state index in [1.165, 1.54) is 24.3 Å². The Morgan fingerprint density at radius 1 is 1.38 bits per heavy atom. The van der Waals surface area contributed by atoms with Crippen molar-refractivity contribution in [2.45, 2.75) is 4.90 Å². The predicted molar refractivity (Wildman–Crippen MR) is 60.2 cm³/mol. The van der Waals surface area contributed by atoms with Gasteiger partial charge >= 0.3 is 5.88 Å². The van der Waals surface area contributed by atoms with E-state index in [1.54, 1.807) is 0 Å². The number of hydrogen-bond acceptors (Lipinski definition) is 6. The highest BCUT2D eigenvalue weighted by Crippen LogP contribution is 2.17. The van der Waals surface area contributed by atoms with Gasteiger partial charge in [0.25, 0.3) is 0 Å². The van der Waals surface area contributed by atoms with Crippen molar-refractivity contribution in [1.82, 2.24) is 0 Å². The van der Waals surface area contributed by atoms with Gasteiger partial charge in [0.15, 0.2) is 0 Å². The molecule has 6 nitrogen and oxygen atoms in total. The van der Waals surface area contributed by atoms with Crippen LogP contribution in [-0.2, 0) is 9.84 Å². The number of nitro groups is 1. The average molecular weight is 258 g/mol. The van der Waals surface area contributed by atoms with Crippen molar-refractivity contribution < 1.29 is 13.3 Å². The number of hydrogen-bond donors (Lipinski definition) is 0. The molecule has 0 heterocycles. The first-order valence-electron chi connectivity index (χ1n) is 3.98. The van der Waals surface area contributed by atoms with Crippen LogP contribution in [0.25, 0.3) is 0 Å². The Balaban J connectivity index is 3.06. The van der Waals surface area contributed by atoms with Crippen molar-refractivity contribution >= 4 is 32.9 Å². The Bertz CT molecular complexity index is 544. The highest BCUT2D eigenvalue weighted by molar-refractivity contribution is 7.91. The molecule has 0 fully saturated rings.